The lowest BCUT2D eigenvalue weighted by Gasteiger charge is -2.17. The number of nitrogens with zero attached hydrogens (tertiary/aromatic N) is 1. The van der Waals surface area contributed by atoms with Crippen LogP contribution in [-0.4, -0.2) is 34.8 Å². The van der Waals surface area contributed by atoms with Crippen LogP contribution in [0.15, 0.2) is 36.4 Å². The summed E-state index contributed by atoms with van der Waals surface area (Å²) in [7, 11) is 1.72. The molecule has 4 heteroatoms. The molecule has 0 aliphatic heterocycles. The van der Waals surface area contributed by atoms with Crippen LogP contribution in [0.1, 0.15) is 10.4 Å². The SMILES string of the molecule is CN(CCBr)C(=O)c1ccc2ccccc2c1O. The largest absolute Gasteiger partial charge is 0.506 e. The van der Waals surface area contributed by atoms with Gasteiger partial charge in [0, 0.05) is 24.3 Å². The number of benzene rings is 2. The second-order valence-electron chi connectivity index (χ2n) is 4.10. The zero-order valence-corrected chi connectivity index (χ0v) is 11.6. The maximum Gasteiger partial charge on any atom is 0.257 e. The first-order valence-electron chi connectivity index (χ1n) is 5.67. The number of carbonyl (C=O) groups excluding carboxylic acids is 1. The molecule has 0 aromatic heterocycles. The molecule has 0 spiro atoms. The number of amides is 1. The number of alkyl halides is 1. The van der Waals surface area contributed by atoms with Gasteiger partial charge in [0.2, 0.25) is 0 Å². The summed E-state index contributed by atoms with van der Waals surface area (Å²) < 4.78 is 0. The number of carbonyl (C=O) groups is 1. The molecule has 94 valence electrons. The van der Waals surface area contributed by atoms with Gasteiger partial charge < -0.3 is 10.0 Å². The first-order valence-corrected chi connectivity index (χ1v) is 6.79. The van der Waals surface area contributed by atoms with Crippen LogP contribution < -0.4 is 0 Å². The van der Waals surface area contributed by atoms with E-state index in [1.54, 1.807) is 18.0 Å². The molecule has 1 N–H and O–H groups in total. The summed E-state index contributed by atoms with van der Waals surface area (Å²) in [5, 5.41) is 12.5. The minimum Gasteiger partial charge on any atom is -0.506 e. The van der Waals surface area contributed by atoms with Gasteiger partial charge in [-0.15, -0.1) is 0 Å². The van der Waals surface area contributed by atoms with Crippen LogP contribution in [0, 0.1) is 0 Å². The van der Waals surface area contributed by atoms with Gasteiger partial charge in [0.05, 0.1) is 5.56 Å². The van der Waals surface area contributed by atoms with Crippen LogP contribution in [0.3, 0.4) is 0 Å². The lowest BCUT2D eigenvalue weighted by Crippen LogP contribution is -2.28. The molecule has 0 radical (unpaired) electrons. The topological polar surface area (TPSA) is 40.5 Å². The van der Waals surface area contributed by atoms with Crippen molar-refractivity contribution in [3.05, 3.63) is 42.0 Å². The average Bonchev–Trinajstić information content (AvgIpc) is 2.39. The monoisotopic (exact) mass is 307 g/mol. The van der Waals surface area contributed by atoms with Crippen LogP contribution >= 0.6 is 15.9 Å². The molecule has 0 heterocycles. The van der Waals surface area contributed by atoms with Crippen molar-refractivity contribution >= 4 is 32.6 Å². The Morgan fingerprint density at radius 1 is 1.28 bits per heavy atom. The van der Waals surface area contributed by atoms with Gasteiger partial charge in [0.1, 0.15) is 5.75 Å². The first-order chi connectivity index (χ1) is 8.65. The minimum atomic E-state index is -0.169. The fourth-order valence-corrected chi connectivity index (χ4v) is 2.39. The summed E-state index contributed by atoms with van der Waals surface area (Å²) in [5.74, 6) is -0.114. The number of halogens is 1. The van der Waals surface area contributed by atoms with Gasteiger partial charge in [-0.2, -0.15) is 0 Å². The van der Waals surface area contributed by atoms with Crippen molar-refractivity contribution in [2.45, 2.75) is 0 Å². The molecule has 0 saturated heterocycles. The Labute approximate surface area is 114 Å². The molecule has 3 nitrogen and oxygen atoms in total. The smallest absolute Gasteiger partial charge is 0.257 e. The van der Waals surface area contributed by atoms with Gasteiger partial charge >= 0.3 is 0 Å². The molecule has 0 aliphatic carbocycles. The second-order valence-corrected chi connectivity index (χ2v) is 4.89. The van der Waals surface area contributed by atoms with Crippen LogP contribution in [-0.2, 0) is 0 Å². The molecule has 2 aromatic rings. The van der Waals surface area contributed by atoms with Gasteiger partial charge in [-0.05, 0) is 11.5 Å². The Kier molecular flexibility index (Phi) is 3.87. The number of phenols is 1. The molecule has 2 aromatic carbocycles. The zero-order chi connectivity index (χ0) is 13.1. The first kappa shape index (κ1) is 12.9. The number of rotatable bonds is 3. The second kappa shape index (κ2) is 5.40. The van der Waals surface area contributed by atoms with E-state index in [0.29, 0.717) is 22.8 Å². The van der Waals surface area contributed by atoms with Crippen molar-refractivity contribution in [2.75, 3.05) is 18.9 Å². The lowest BCUT2D eigenvalue weighted by atomic mass is 10.0. The molecule has 0 saturated carbocycles. The fourth-order valence-electron chi connectivity index (χ4n) is 1.86. The number of fused-ring (bicyclic) bond motifs is 1. The average molecular weight is 308 g/mol. The van der Waals surface area contributed by atoms with Crippen molar-refractivity contribution in [2.24, 2.45) is 0 Å². The fraction of sp³-hybridized carbons (Fsp3) is 0.214. The van der Waals surface area contributed by atoms with E-state index >= 15 is 0 Å². The third-order valence-corrected chi connectivity index (χ3v) is 3.25. The third-order valence-electron chi connectivity index (χ3n) is 2.90. The molecule has 0 atom stereocenters. The Hall–Kier alpha value is -1.55. The Balaban J connectivity index is 2.46. The highest BCUT2D eigenvalue weighted by Crippen LogP contribution is 2.29. The molecule has 0 fully saturated rings. The van der Waals surface area contributed by atoms with Crippen molar-refractivity contribution < 1.29 is 9.90 Å². The molecule has 0 bridgehead atoms. The molecular weight excluding hydrogens is 294 g/mol. The van der Waals surface area contributed by atoms with E-state index in [1.165, 1.54) is 0 Å². The summed E-state index contributed by atoms with van der Waals surface area (Å²) in [6, 6.07) is 11.0. The zero-order valence-electron chi connectivity index (χ0n) is 10.1. The van der Waals surface area contributed by atoms with Crippen molar-refractivity contribution in [3.8, 4) is 5.75 Å². The van der Waals surface area contributed by atoms with Crippen LogP contribution in [0.5, 0.6) is 5.75 Å². The van der Waals surface area contributed by atoms with Crippen LogP contribution in [0.25, 0.3) is 10.8 Å². The molecule has 0 unspecified atom stereocenters. The summed E-state index contributed by atoms with van der Waals surface area (Å²) in [5.41, 5.74) is 0.345. The summed E-state index contributed by atoms with van der Waals surface area (Å²) >= 11 is 3.29. The van der Waals surface area contributed by atoms with Crippen molar-refractivity contribution in [1.82, 2.24) is 4.90 Å². The van der Waals surface area contributed by atoms with Gasteiger partial charge in [-0.3, -0.25) is 4.79 Å². The minimum absolute atomic E-state index is 0.0551. The predicted molar refractivity (Wildman–Crippen MR) is 76.4 cm³/mol. The highest BCUT2D eigenvalue weighted by molar-refractivity contribution is 9.09. The van der Waals surface area contributed by atoms with Crippen LogP contribution in [0.2, 0.25) is 0 Å². The Bertz CT molecular complexity index is 583. The highest BCUT2D eigenvalue weighted by Gasteiger charge is 2.16. The van der Waals surface area contributed by atoms with Gasteiger partial charge in [-0.25, -0.2) is 0 Å². The summed E-state index contributed by atoms with van der Waals surface area (Å²) in [6.07, 6.45) is 0. The Morgan fingerprint density at radius 2 is 2.00 bits per heavy atom. The number of aromatic hydroxyl groups is 1. The normalized spacial score (nSPS) is 10.6. The summed E-state index contributed by atoms with van der Waals surface area (Å²) in [4.78, 5) is 13.7. The number of phenolic OH excluding ortho intramolecular Hbond substituents is 1. The van der Waals surface area contributed by atoms with E-state index < -0.39 is 0 Å². The number of hydrogen-bond acceptors (Lipinski definition) is 2. The van der Waals surface area contributed by atoms with E-state index in [1.807, 2.05) is 30.3 Å². The maximum atomic E-state index is 12.1. The van der Waals surface area contributed by atoms with E-state index in [0.717, 1.165) is 5.39 Å². The van der Waals surface area contributed by atoms with Crippen molar-refractivity contribution in [1.29, 1.82) is 0 Å². The lowest BCUT2D eigenvalue weighted by molar-refractivity contribution is 0.0801. The van der Waals surface area contributed by atoms with E-state index in [4.69, 9.17) is 0 Å². The van der Waals surface area contributed by atoms with Crippen molar-refractivity contribution in [3.63, 3.8) is 0 Å². The predicted octanol–water partition coefficient (Wildman–Crippen LogP) is 3.01. The molecule has 0 aliphatic rings. The maximum absolute atomic E-state index is 12.1. The van der Waals surface area contributed by atoms with Gasteiger partial charge in [0.25, 0.3) is 5.91 Å². The quantitative estimate of drug-likeness (QED) is 0.886. The van der Waals surface area contributed by atoms with Gasteiger partial charge in [-0.1, -0.05) is 46.3 Å². The van der Waals surface area contributed by atoms with E-state index in [9.17, 15) is 9.90 Å². The summed E-state index contributed by atoms with van der Waals surface area (Å²) in [6.45, 7) is 0.602. The molecule has 2 rings (SSSR count). The molecule has 1 amide bonds. The molecule has 18 heavy (non-hydrogen) atoms. The van der Waals surface area contributed by atoms with E-state index in [-0.39, 0.29) is 11.7 Å². The Morgan fingerprint density at radius 3 is 2.72 bits per heavy atom. The highest BCUT2D eigenvalue weighted by atomic mass is 79.9. The van der Waals surface area contributed by atoms with E-state index in [2.05, 4.69) is 15.9 Å². The standard InChI is InChI=1S/C14H14BrNO2/c1-16(9-8-15)14(18)12-7-6-10-4-2-3-5-11(10)13(12)17/h2-7,17H,8-9H2,1H3. The third kappa shape index (κ3) is 2.34. The molecular formula is C14H14BrNO2. The number of hydrogen-bond donors (Lipinski definition) is 1. The van der Waals surface area contributed by atoms with Gasteiger partial charge in [0.15, 0.2) is 0 Å². The van der Waals surface area contributed by atoms with Crippen LogP contribution in [0.4, 0.5) is 0 Å².